The lowest BCUT2D eigenvalue weighted by Crippen LogP contribution is -2.25. The van der Waals surface area contributed by atoms with Crippen LogP contribution in [0.15, 0.2) is 24.4 Å². The number of hydrogen-bond acceptors (Lipinski definition) is 1. The summed E-state index contributed by atoms with van der Waals surface area (Å²) >= 11 is 0. The summed E-state index contributed by atoms with van der Waals surface area (Å²) in [4.78, 5) is 0. The molecule has 0 aliphatic carbocycles. The molecule has 17 heavy (non-hydrogen) atoms. The van der Waals surface area contributed by atoms with E-state index in [-0.39, 0.29) is 0 Å². The Hall–Kier alpha value is -1.28. The molecule has 0 fully saturated rings. The molecule has 1 aliphatic heterocycles. The minimum absolute atomic E-state index is 0.488. The summed E-state index contributed by atoms with van der Waals surface area (Å²) in [5, 5.41) is 5.17. The molecule has 1 aliphatic rings. The second-order valence-corrected chi connectivity index (χ2v) is 5.43. The molecule has 1 unspecified atom stereocenters. The fourth-order valence-electron chi connectivity index (χ4n) is 3.07. The van der Waals surface area contributed by atoms with Crippen molar-refractivity contribution in [3.8, 4) is 0 Å². The number of benzene rings is 1. The van der Waals surface area contributed by atoms with Crippen LogP contribution in [0.5, 0.6) is 0 Å². The fraction of sp³-hybridized carbons (Fsp3) is 0.467. The van der Waals surface area contributed by atoms with Gasteiger partial charge in [0.05, 0.1) is 0 Å². The summed E-state index contributed by atoms with van der Waals surface area (Å²) in [5.74, 6) is 0.631. The minimum Gasteiger partial charge on any atom is -0.350 e. The molecule has 3 rings (SSSR count). The Morgan fingerprint density at radius 2 is 2.18 bits per heavy atom. The Bertz CT molecular complexity index is 551. The summed E-state index contributed by atoms with van der Waals surface area (Å²) in [6, 6.07) is 7.17. The molecule has 2 heterocycles. The molecule has 2 heteroatoms. The first-order chi connectivity index (χ1) is 8.18. The van der Waals surface area contributed by atoms with Crippen molar-refractivity contribution in [3.05, 3.63) is 35.5 Å². The molecule has 1 N–H and O–H groups in total. The quantitative estimate of drug-likeness (QED) is 0.794. The van der Waals surface area contributed by atoms with Gasteiger partial charge in [0.1, 0.15) is 0 Å². The van der Waals surface area contributed by atoms with Crippen molar-refractivity contribution in [1.82, 2.24) is 9.88 Å². The molecule has 0 amide bonds. The third-order valence-electron chi connectivity index (χ3n) is 3.89. The molecule has 1 atom stereocenters. The molecule has 1 aromatic carbocycles. The monoisotopic (exact) mass is 228 g/mol. The van der Waals surface area contributed by atoms with Crippen LogP contribution in [0.25, 0.3) is 10.9 Å². The number of nitrogens with one attached hydrogen (secondary N) is 1. The van der Waals surface area contributed by atoms with Crippen molar-refractivity contribution in [2.75, 3.05) is 6.54 Å². The molecule has 0 saturated carbocycles. The van der Waals surface area contributed by atoms with Crippen molar-refractivity contribution < 1.29 is 0 Å². The third-order valence-corrected chi connectivity index (χ3v) is 3.89. The Morgan fingerprint density at radius 1 is 1.35 bits per heavy atom. The van der Waals surface area contributed by atoms with Gasteiger partial charge in [-0.15, -0.1) is 0 Å². The Kier molecular flexibility index (Phi) is 2.48. The SMILES string of the molecule is CC(C)C1NCCc2cccc3c2c1cn3C. The zero-order valence-corrected chi connectivity index (χ0v) is 10.8. The van der Waals surface area contributed by atoms with Gasteiger partial charge in [-0.3, -0.25) is 0 Å². The van der Waals surface area contributed by atoms with E-state index in [1.165, 1.54) is 22.0 Å². The minimum atomic E-state index is 0.488. The maximum atomic E-state index is 3.69. The largest absolute Gasteiger partial charge is 0.350 e. The Morgan fingerprint density at radius 3 is 2.94 bits per heavy atom. The maximum Gasteiger partial charge on any atom is 0.0483 e. The average molecular weight is 228 g/mol. The van der Waals surface area contributed by atoms with Gasteiger partial charge in [-0.1, -0.05) is 26.0 Å². The van der Waals surface area contributed by atoms with Gasteiger partial charge in [-0.25, -0.2) is 0 Å². The van der Waals surface area contributed by atoms with Crippen LogP contribution in [0.3, 0.4) is 0 Å². The van der Waals surface area contributed by atoms with Gasteiger partial charge in [0.25, 0.3) is 0 Å². The van der Waals surface area contributed by atoms with E-state index < -0.39 is 0 Å². The lowest BCUT2D eigenvalue weighted by molar-refractivity contribution is 0.420. The molecule has 2 aromatic rings. The topological polar surface area (TPSA) is 17.0 Å². The van der Waals surface area contributed by atoms with Crippen LogP contribution in [0, 0.1) is 5.92 Å². The predicted molar refractivity (Wildman–Crippen MR) is 72.2 cm³/mol. The summed E-state index contributed by atoms with van der Waals surface area (Å²) in [6.07, 6.45) is 3.44. The highest BCUT2D eigenvalue weighted by molar-refractivity contribution is 5.88. The molecule has 0 spiro atoms. The maximum absolute atomic E-state index is 3.69. The number of aromatic nitrogens is 1. The molecular weight excluding hydrogens is 208 g/mol. The first-order valence-corrected chi connectivity index (χ1v) is 6.48. The average Bonchev–Trinajstić information content (AvgIpc) is 2.53. The zero-order chi connectivity index (χ0) is 12.0. The standard InChI is InChI=1S/C15H20N2/c1-10(2)15-12-9-17(3)13-6-4-5-11(14(12)13)7-8-16-15/h4-6,9-10,15-16H,7-8H2,1-3H3. The second-order valence-electron chi connectivity index (χ2n) is 5.43. The molecule has 1 aromatic heterocycles. The summed E-state index contributed by atoms with van der Waals surface area (Å²) in [6.45, 7) is 5.68. The van der Waals surface area contributed by atoms with Crippen molar-refractivity contribution in [3.63, 3.8) is 0 Å². The van der Waals surface area contributed by atoms with Crippen LogP contribution < -0.4 is 5.32 Å². The van der Waals surface area contributed by atoms with Crippen LogP contribution in [-0.4, -0.2) is 11.1 Å². The van der Waals surface area contributed by atoms with E-state index in [1.54, 1.807) is 0 Å². The molecule has 2 nitrogen and oxygen atoms in total. The molecule has 90 valence electrons. The van der Waals surface area contributed by atoms with Crippen molar-refractivity contribution in [1.29, 1.82) is 0 Å². The number of aryl methyl sites for hydroxylation is 1. The van der Waals surface area contributed by atoms with Crippen LogP contribution in [-0.2, 0) is 13.5 Å². The van der Waals surface area contributed by atoms with Crippen LogP contribution >= 0.6 is 0 Å². The number of hydrogen-bond donors (Lipinski definition) is 1. The zero-order valence-electron chi connectivity index (χ0n) is 10.8. The van der Waals surface area contributed by atoms with Crippen LogP contribution in [0.4, 0.5) is 0 Å². The fourth-order valence-corrected chi connectivity index (χ4v) is 3.07. The van der Waals surface area contributed by atoms with Gasteiger partial charge in [-0.2, -0.15) is 0 Å². The van der Waals surface area contributed by atoms with Gasteiger partial charge in [-0.05, 0) is 36.1 Å². The normalized spacial score (nSPS) is 19.9. The van der Waals surface area contributed by atoms with E-state index in [0.29, 0.717) is 12.0 Å². The van der Waals surface area contributed by atoms with Gasteiger partial charge in [0, 0.05) is 30.2 Å². The van der Waals surface area contributed by atoms with E-state index in [4.69, 9.17) is 0 Å². The highest BCUT2D eigenvalue weighted by Gasteiger charge is 2.23. The van der Waals surface area contributed by atoms with Gasteiger partial charge >= 0.3 is 0 Å². The smallest absolute Gasteiger partial charge is 0.0483 e. The number of nitrogens with zero attached hydrogens (tertiary/aromatic N) is 1. The molecule has 0 saturated heterocycles. The van der Waals surface area contributed by atoms with E-state index in [0.717, 1.165) is 13.0 Å². The molecule has 0 bridgehead atoms. The van der Waals surface area contributed by atoms with Gasteiger partial charge in [0.2, 0.25) is 0 Å². The van der Waals surface area contributed by atoms with E-state index in [2.05, 4.69) is 55.2 Å². The molecule has 0 radical (unpaired) electrons. The summed E-state index contributed by atoms with van der Waals surface area (Å²) < 4.78 is 2.26. The summed E-state index contributed by atoms with van der Waals surface area (Å²) in [7, 11) is 2.15. The first-order valence-electron chi connectivity index (χ1n) is 6.48. The Balaban J connectivity index is 2.31. The Labute approximate surface area is 103 Å². The lowest BCUT2D eigenvalue weighted by atomic mass is 9.95. The van der Waals surface area contributed by atoms with Crippen molar-refractivity contribution in [2.24, 2.45) is 13.0 Å². The molecular formula is C15H20N2. The summed E-state index contributed by atoms with van der Waals surface area (Å²) in [5.41, 5.74) is 4.34. The predicted octanol–water partition coefficient (Wildman–Crippen LogP) is 3.02. The number of rotatable bonds is 1. The third kappa shape index (κ3) is 1.59. The van der Waals surface area contributed by atoms with Gasteiger partial charge < -0.3 is 9.88 Å². The van der Waals surface area contributed by atoms with Gasteiger partial charge in [0.15, 0.2) is 0 Å². The second kappa shape index (κ2) is 3.88. The van der Waals surface area contributed by atoms with E-state index >= 15 is 0 Å². The van der Waals surface area contributed by atoms with Crippen LogP contribution in [0.2, 0.25) is 0 Å². The van der Waals surface area contributed by atoms with Crippen molar-refractivity contribution in [2.45, 2.75) is 26.3 Å². The highest BCUT2D eigenvalue weighted by Crippen LogP contribution is 2.34. The van der Waals surface area contributed by atoms with Crippen molar-refractivity contribution >= 4 is 10.9 Å². The highest BCUT2D eigenvalue weighted by atomic mass is 15.0. The lowest BCUT2D eigenvalue weighted by Gasteiger charge is -2.20. The first kappa shape index (κ1) is 10.8. The van der Waals surface area contributed by atoms with Crippen LogP contribution in [0.1, 0.15) is 31.0 Å². The van der Waals surface area contributed by atoms with E-state index in [1.807, 2.05) is 0 Å². The van der Waals surface area contributed by atoms with E-state index in [9.17, 15) is 0 Å².